The molecule has 0 radical (unpaired) electrons. The summed E-state index contributed by atoms with van der Waals surface area (Å²) in [6.07, 6.45) is 5.38. The lowest BCUT2D eigenvalue weighted by molar-refractivity contribution is 0.105. The Morgan fingerprint density at radius 1 is 1.26 bits per heavy atom. The Bertz CT molecular complexity index is 1120. The lowest BCUT2D eigenvalue weighted by Gasteiger charge is -2.26. The molecule has 2 aromatic heterocycles. The van der Waals surface area contributed by atoms with Gasteiger partial charge in [0.25, 0.3) is 0 Å². The summed E-state index contributed by atoms with van der Waals surface area (Å²) in [6.45, 7) is 2.47. The fraction of sp³-hybridized carbons (Fsp3) is 0.476. The number of hydroxylamine groups is 1. The normalized spacial score (nSPS) is 20.6. The highest BCUT2D eigenvalue weighted by atomic mass is 35.5. The molecule has 0 spiro atoms. The van der Waals surface area contributed by atoms with E-state index in [0.29, 0.717) is 37.2 Å². The molecule has 0 bridgehead atoms. The summed E-state index contributed by atoms with van der Waals surface area (Å²) in [5.41, 5.74) is 4.86. The molecular weight excluding hydrogens is 420 g/mol. The smallest absolute Gasteiger partial charge is 0.198 e. The Morgan fingerprint density at radius 3 is 2.68 bits per heavy atom. The first-order valence-corrected chi connectivity index (χ1v) is 10.7. The number of rotatable bonds is 9. The summed E-state index contributed by atoms with van der Waals surface area (Å²) in [4.78, 5) is 22.0. The van der Waals surface area contributed by atoms with Crippen molar-refractivity contribution in [1.82, 2.24) is 19.8 Å². The summed E-state index contributed by atoms with van der Waals surface area (Å²) < 4.78 is 12.7. The van der Waals surface area contributed by atoms with Gasteiger partial charge >= 0.3 is 0 Å². The molecule has 164 valence electrons. The molecule has 1 aromatic carbocycles. The van der Waals surface area contributed by atoms with Gasteiger partial charge in [0.15, 0.2) is 17.7 Å². The number of halogens is 1. The maximum absolute atomic E-state index is 6.37. The maximum atomic E-state index is 6.37. The molecule has 1 fully saturated rings. The minimum Gasteiger partial charge on any atom is -0.394 e. The molecule has 1 aliphatic heterocycles. The second-order valence-electron chi connectivity index (χ2n) is 7.85. The van der Waals surface area contributed by atoms with E-state index in [1.807, 2.05) is 22.6 Å². The Labute approximate surface area is 184 Å². The molecule has 1 atom stereocenters. The Hall–Kier alpha value is -2.46. The second kappa shape index (κ2) is 8.23. The van der Waals surface area contributed by atoms with Gasteiger partial charge in [0.2, 0.25) is 0 Å². The number of nitrogens with one attached hydrogen (secondary N) is 1. The van der Waals surface area contributed by atoms with Gasteiger partial charge in [-0.1, -0.05) is 11.6 Å². The van der Waals surface area contributed by atoms with Crippen LogP contribution in [-0.2, 0) is 20.0 Å². The first-order chi connectivity index (χ1) is 15.2. The summed E-state index contributed by atoms with van der Waals surface area (Å²) in [5, 5.41) is 1.59. The van der Waals surface area contributed by atoms with Crippen molar-refractivity contribution in [2.75, 3.05) is 45.4 Å². The van der Waals surface area contributed by atoms with Crippen molar-refractivity contribution in [3.05, 3.63) is 35.2 Å². The van der Waals surface area contributed by atoms with E-state index in [-0.39, 0.29) is 0 Å². The average Bonchev–Trinajstić information content (AvgIpc) is 3.36. The van der Waals surface area contributed by atoms with Gasteiger partial charge in [0.1, 0.15) is 17.8 Å². The second-order valence-corrected chi connectivity index (χ2v) is 8.29. The van der Waals surface area contributed by atoms with E-state index in [1.165, 1.54) is 6.40 Å². The highest BCUT2D eigenvalue weighted by molar-refractivity contribution is 6.31. The molecule has 5 rings (SSSR count). The molecule has 3 heterocycles. The van der Waals surface area contributed by atoms with E-state index in [4.69, 9.17) is 35.9 Å². The van der Waals surface area contributed by atoms with Crippen LogP contribution < -0.4 is 10.4 Å². The third-order valence-electron chi connectivity index (χ3n) is 5.90. The Balaban J connectivity index is 1.73. The van der Waals surface area contributed by atoms with E-state index in [2.05, 4.69) is 15.4 Å². The molecule has 1 aliphatic carbocycles. The van der Waals surface area contributed by atoms with Crippen molar-refractivity contribution < 1.29 is 14.3 Å². The minimum absolute atomic E-state index is 0.328. The predicted octanol–water partition coefficient (Wildman–Crippen LogP) is 2.76. The van der Waals surface area contributed by atoms with Crippen LogP contribution in [0.4, 0.5) is 5.82 Å². The van der Waals surface area contributed by atoms with Crippen molar-refractivity contribution in [2.24, 2.45) is 10.9 Å². The highest BCUT2D eigenvalue weighted by Crippen LogP contribution is 2.48. The number of ether oxygens (including phenoxy) is 2. The SMILES string of the molecule is COCCN(CCOC)c1nc2c(C3(C4CC4)N=CON3)ncn2c2ccc(Cl)cc12. The van der Waals surface area contributed by atoms with Crippen molar-refractivity contribution >= 4 is 40.4 Å². The first kappa shape index (κ1) is 20.4. The average molecular weight is 445 g/mol. The molecule has 0 amide bonds. The van der Waals surface area contributed by atoms with Crippen LogP contribution in [0.25, 0.3) is 16.6 Å². The highest BCUT2D eigenvalue weighted by Gasteiger charge is 2.52. The van der Waals surface area contributed by atoms with E-state index in [1.54, 1.807) is 20.5 Å². The molecule has 3 aromatic rings. The number of nitrogens with zero attached hydrogens (tertiary/aromatic N) is 5. The lowest BCUT2D eigenvalue weighted by atomic mass is 10.0. The third kappa shape index (κ3) is 3.51. The van der Waals surface area contributed by atoms with E-state index in [0.717, 1.165) is 40.9 Å². The summed E-state index contributed by atoms with van der Waals surface area (Å²) >= 11 is 6.37. The fourth-order valence-electron chi connectivity index (χ4n) is 4.16. The molecule has 1 saturated carbocycles. The van der Waals surface area contributed by atoms with Crippen molar-refractivity contribution in [1.29, 1.82) is 0 Å². The molecule has 9 nitrogen and oxygen atoms in total. The van der Waals surface area contributed by atoms with Crippen LogP contribution in [0.2, 0.25) is 5.02 Å². The number of hydrogen-bond acceptors (Lipinski definition) is 8. The number of hydrogen-bond donors (Lipinski definition) is 1. The zero-order valence-corrected chi connectivity index (χ0v) is 18.3. The fourth-order valence-corrected chi connectivity index (χ4v) is 4.34. The van der Waals surface area contributed by atoms with Gasteiger partial charge in [-0.3, -0.25) is 4.40 Å². The van der Waals surface area contributed by atoms with Crippen LogP contribution in [-0.4, -0.2) is 61.3 Å². The molecule has 1 unspecified atom stereocenters. The zero-order valence-electron chi connectivity index (χ0n) is 17.5. The topological polar surface area (TPSA) is 85.5 Å². The number of aliphatic imine (C=N–C) groups is 1. The summed E-state index contributed by atoms with van der Waals surface area (Å²) in [6, 6.07) is 5.82. The molecule has 1 N–H and O–H groups in total. The monoisotopic (exact) mass is 444 g/mol. The number of imidazole rings is 1. The van der Waals surface area contributed by atoms with Gasteiger partial charge in [-0.25, -0.2) is 15.0 Å². The van der Waals surface area contributed by atoms with Crippen LogP contribution >= 0.6 is 11.6 Å². The molecular formula is C21H25ClN6O3. The molecule has 0 saturated heterocycles. The largest absolute Gasteiger partial charge is 0.394 e. The number of anilines is 1. The third-order valence-corrected chi connectivity index (χ3v) is 6.13. The maximum Gasteiger partial charge on any atom is 0.198 e. The number of methoxy groups -OCH3 is 2. The number of benzene rings is 1. The van der Waals surface area contributed by atoms with Crippen molar-refractivity contribution in [2.45, 2.75) is 18.5 Å². The van der Waals surface area contributed by atoms with Gasteiger partial charge in [-0.15, -0.1) is 5.48 Å². The molecule has 2 aliphatic rings. The van der Waals surface area contributed by atoms with E-state index in [9.17, 15) is 0 Å². The van der Waals surface area contributed by atoms with Crippen LogP contribution in [0, 0.1) is 5.92 Å². The standard InChI is InChI=1S/C21H25ClN6O3/c1-29-9-7-27(8-10-30-2)19-16-11-15(22)5-6-17(16)28-12-23-18(20(28)25-19)21(14-3-4-14)24-13-31-26-21/h5-6,11-14,26H,3-4,7-10H2,1-2H3. The van der Waals surface area contributed by atoms with E-state index >= 15 is 0 Å². The Kier molecular flexibility index (Phi) is 5.43. The Morgan fingerprint density at radius 2 is 2.03 bits per heavy atom. The lowest BCUT2D eigenvalue weighted by Crippen LogP contribution is -2.39. The van der Waals surface area contributed by atoms with Crippen LogP contribution in [0.5, 0.6) is 0 Å². The van der Waals surface area contributed by atoms with Crippen LogP contribution in [0.15, 0.2) is 29.5 Å². The van der Waals surface area contributed by atoms with Crippen molar-refractivity contribution in [3.8, 4) is 0 Å². The predicted molar refractivity (Wildman–Crippen MR) is 119 cm³/mol. The summed E-state index contributed by atoms with van der Waals surface area (Å²) in [7, 11) is 3.39. The van der Waals surface area contributed by atoms with Gasteiger partial charge in [-0.05, 0) is 31.0 Å². The number of aromatic nitrogens is 3. The van der Waals surface area contributed by atoms with Crippen LogP contribution in [0.1, 0.15) is 18.5 Å². The quantitative estimate of drug-likeness (QED) is 0.543. The van der Waals surface area contributed by atoms with Gasteiger partial charge in [0.05, 0.1) is 18.7 Å². The van der Waals surface area contributed by atoms with Gasteiger partial charge in [-0.2, -0.15) is 0 Å². The summed E-state index contributed by atoms with van der Waals surface area (Å²) in [5.74, 6) is 1.14. The zero-order chi connectivity index (χ0) is 21.4. The van der Waals surface area contributed by atoms with Gasteiger partial charge < -0.3 is 19.2 Å². The van der Waals surface area contributed by atoms with Crippen LogP contribution in [0.3, 0.4) is 0 Å². The van der Waals surface area contributed by atoms with Gasteiger partial charge in [0, 0.05) is 43.6 Å². The molecule has 31 heavy (non-hydrogen) atoms. The molecule has 10 heteroatoms. The first-order valence-electron chi connectivity index (χ1n) is 10.3. The van der Waals surface area contributed by atoms with Crippen molar-refractivity contribution in [3.63, 3.8) is 0 Å². The minimum atomic E-state index is -0.705. The number of fused-ring (bicyclic) bond motifs is 3. The van der Waals surface area contributed by atoms with E-state index < -0.39 is 5.66 Å².